The molecule has 1 N–H and O–H groups in total. The van der Waals surface area contributed by atoms with Crippen LogP contribution in [-0.2, 0) is 9.05 Å². The molecular formula is C13H17ClN2O4S. The summed E-state index contributed by atoms with van der Waals surface area (Å²) in [5, 5.41) is 2.69. The van der Waals surface area contributed by atoms with Crippen LogP contribution in [0.4, 0.5) is 10.5 Å². The van der Waals surface area contributed by atoms with Gasteiger partial charge >= 0.3 is 6.03 Å². The number of hydrogen-bond donors (Lipinski definition) is 1. The number of halogens is 1. The number of likely N-dealkylation sites (tertiary alicyclic amines) is 1. The van der Waals surface area contributed by atoms with Crippen LogP contribution in [0, 0.1) is 0 Å². The van der Waals surface area contributed by atoms with E-state index < -0.39 is 9.05 Å². The first-order valence-corrected chi connectivity index (χ1v) is 9.00. The predicted molar refractivity (Wildman–Crippen MR) is 80.5 cm³/mol. The summed E-state index contributed by atoms with van der Waals surface area (Å²) >= 11 is 0. The lowest BCUT2D eigenvalue weighted by molar-refractivity contribution is 0.222. The molecule has 0 bridgehead atoms. The molecule has 0 atom stereocenters. The number of nitrogens with zero attached hydrogens (tertiary/aromatic N) is 1. The highest BCUT2D eigenvalue weighted by Gasteiger charge is 2.20. The van der Waals surface area contributed by atoms with Gasteiger partial charge in [-0.3, -0.25) is 0 Å². The van der Waals surface area contributed by atoms with Crippen LogP contribution in [0.25, 0.3) is 0 Å². The van der Waals surface area contributed by atoms with Crippen molar-refractivity contribution in [1.29, 1.82) is 0 Å². The summed E-state index contributed by atoms with van der Waals surface area (Å²) in [4.78, 5) is 13.7. The molecule has 1 aliphatic rings. The van der Waals surface area contributed by atoms with Gasteiger partial charge in [-0.25, -0.2) is 13.2 Å². The number of rotatable bonds is 4. The van der Waals surface area contributed by atoms with E-state index in [1.807, 2.05) is 0 Å². The molecule has 2 rings (SSSR count). The van der Waals surface area contributed by atoms with E-state index in [-0.39, 0.29) is 10.9 Å². The van der Waals surface area contributed by atoms with Gasteiger partial charge in [0.15, 0.2) is 0 Å². The third-order valence-corrected chi connectivity index (χ3v) is 4.52. The molecule has 1 saturated heterocycles. The molecule has 1 aromatic rings. The van der Waals surface area contributed by atoms with E-state index in [0.717, 1.165) is 12.8 Å². The lowest BCUT2D eigenvalue weighted by Crippen LogP contribution is -2.32. The molecule has 8 heteroatoms. The highest BCUT2D eigenvalue weighted by atomic mass is 35.7. The SMILES string of the molecule is CCOc1ccc(S(=O)(=O)Cl)cc1NC(=O)N1CCCC1. The Bertz CT molecular complexity index is 627. The maximum atomic E-state index is 12.1. The van der Waals surface area contributed by atoms with Gasteiger partial charge in [-0.15, -0.1) is 0 Å². The standard InChI is InChI=1S/C13H17ClN2O4S/c1-2-20-12-6-5-10(21(14,18)19)9-11(12)15-13(17)16-7-3-4-8-16/h5-6,9H,2-4,7-8H2,1H3,(H,15,17). The van der Waals surface area contributed by atoms with Gasteiger partial charge < -0.3 is 15.0 Å². The zero-order valence-corrected chi connectivity index (χ0v) is 13.2. The van der Waals surface area contributed by atoms with E-state index in [4.69, 9.17) is 15.4 Å². The van der Waals surface area contributed by atoms with E-state index in [1.54, 1.807) is 11.8 Å². The van der Waals surface area contributed by atoms with Crippen LogP contribution in [0.3, 0.4) is 0 Å². The van der Waals surface area contributed by atoms with Gasteiger partial charge in [0.05, 0.1) is 17.2 Å². The Morgan fingerprint density at radius 2 is 2.05 bits per heavy atom. The number of carbonyl (C=O) groups excluding carboxylic acids is 1. The quantitative estimate of drug-likeness (QED) is 0.860. The Kier molecular flexibility index (Phi) is 4.95. The molecule has 21 heavy (non-hydrogen) atoms. The number of amides is 2. The summed E-state index contributed by atoms with van der Waals surface area (Å²) < 4.78 is 28.2. The average Bonchev–Trinajstić information content (AvgIpc) is 2.93. The van der Waals surface area contributed by atoms with Crippen molar-refractivity contribution in [3.8, 4) is 5.75 Å². The predicted octanol–water partition coefficient (Wildman–Crippen LogP) is 2.64. The van der Waals surface area contributed by atoms with Crippen LogP contribution < -0.4 is 10.1 Å². The smallest absolute Gasteiger partial charge is 0.321 e. The molecule has 1 aromatic carbocycles. The Labute approximate surface area is 128 Å². The molecule has 0 spiro atoms. The number of ether oxygens (including phenoxy) is 1. The van der Waals surface area contributed by atoms with E-state index in [1.165, 1.54) is 18.2 Å². The average molecular weight is 333 g/mol. The van der Waals surface area contributed by atoms with Crippen molar-refractivity contribution >= 4 is 31.5 Å². The minimum Gasteiger partial charge on any atom is -0.492 e. The van der Waals surface area contributed by atoms with Crippen molar-refractivity contribution in [2.45, 2.75) is 24.7 Å². The zero-order valence-electron chi connectivity index (χ0n) is 11.6. The summed E-state index contributed by atoms with van der Waals surface area (Å²) in [6, 6.07) is 3.87. The first-order chi connectivity index (χ1) is 9.91. The number of anilines is 1. The number of benzene rings is 1. The van der Waals surface area contributed by atoms with Crippen molar-refractivity contribution in [3.63, 3.8) is 0 Å². The van der Waals surface area contributed by atoms with Crippen molar-refractivity contribution < 1.29 is 17.9 Å². The van der Waals surface area contributed by atoms with Crippen molar-refractivity contribution in [2.75, 3.05) is 25.0 Å². The van der Waals surface area contributed by atoms with Gasteiger partial charge in [0.25, 0.3) is 9.05 Å². The molecule has 6 nitrogen and oxygen atoms in total. The number of hydrogen-bond acceptors (Lipinski definition) is 4. The van der Waals surface area contributed by atoms with Gasteiger partial charge in [0.2, 0.25) is 0 Å². The normalized spacial score (nSPS) is 15.0. The molecule has 0 radical (unpaired) electrons. The third kappa shape index (κ3) is 4.01. The van der Waals surface area contributed by atoms with Gasteiger partial charge in [-0.1, -0.05) is 0 Å². The Morgan fingerprint density at radius 3 is 2.62 bits per heavy atom. The third-order valence-electron chi connectivity index (χ3n) is 3.17. The second-order valence-corrected chi connectivity index (χ2v) is 7.22. The fraction of sp³-hybridized carbons (Fsp3) is 0.462. The minimum atomic E-state index is -3.86. The Morgan fingerprint density at radius 1 is 1.38 bits per heavy atom. The number of nitrogens with one attached hydrogen (secondary N) is 1. The molecule has 0 saturated carbocycles. The summed E-state index contributed by atoms with van der Waals surface area (Å²) in [5.41, 5.74) is 0.301. The summed E-state index contributed by atoms with van der Waals surface area (Å²) in [6.45, 7) is 3.60. The molecular weight excluding hydrogens is 316 g/mol. The van der Waals surface area contributed by atoms with E-state index in [9.17, 15) is 13.2 Å². The fourth-order valence-electron chi connectivity index (χ4n) is 2.15. The lowest BCUT2D eigenvalue weighted by atomic mass is 10.3. The minimum absolute atomic E-state index is 0.0793. The van der Waals surface area contributed by atoms with Crippen LogP contribution >= 0.6 is 10.7 Å². The molecule has 2 amide bonds. The Balaban J connectivity index is 2.27. The van der Waals surface area contributed by atoms with Crippen molar-refractivity contribution in [3.05, 3.63) is 18.2 Å². The molecule has 0 aromatic heterocycles. The summed E-state index contributed by atoms with van der Waals surface area (Å²) in [5.74, 6) is 0.411. The van der Waals surface area contributed by atoms with E-state index in [0.29, 0.717) is 31.1 Å². The monoisotopic (exact) mass is 332 g/mol. The molecule has 1 heterocycles. The molecule has 1 fully saturated rings. The maximum Gasteiger partial charge on any atom is 0.321 e. The van der Waals surface area contributed by atoms with Gasteiger partial charge in [0.1, 0.15) is 5.75 Å². The van der Waals surface area contributed by atoms with Gasteiger partial charge in [0, 0.05) is 23.8 Å². The topological polar surface area (TPSA) is 75.7 Å². The molecule has 116 valence electrons. The highest BCUT2D eigenvalue weighted by molar-refractivity contribution is 8.13. The number of carbonyl (C=O) groups is 1. The molecule has 1 aliphatic heterocycles. The first-order valence-electron chi connectivity index (χ1n) is 6.69. The molecule has 0 unspecified atom stereocenters. The highest BCUT2D eigenvalue weighted by Crippen LogP contribution is 2.29. The second kappa shape index (κ2) is 6.53. The number of urea groups is 1. The van der Waals surface area contributed by atoms with Crippen LogP contribution in [0.2, 0.25) is 0 Å². The van der Waals surface area contributed by atoms with Crippen LogP contribution in [0.1, 0.15) is 19.8 Å². The van der Waals surface area contributed by atoms with Crippen molar-refractivity contribution in [1.82, 2.24) is 4.90 Å². The van der Waals surface area contributed by atoms with Gasteiger partial charge in [-0.2, -0.15) is 0 Å². The van der Waals surface area contributed by atoms with Crippen LogP contribution in [0.5, 0.6) is 5.75 Å². The van der Waals surface area contributed by atoms with Crippen LogP contribution in [0.15, 0.2) is 23.1 Å². The van der Waals surface area contributed by atoms with E-state index in [2.05, 4.69) is 5.32 Å². The molecule has 0 aliphatic carbocycles. The lowest BCUT2D eigenvalue weighted by Gasteiger charge is -2.18. The van der Waals surface area contributed by atoms with Gasteiger partial charge in [-0.05, 0) is 38.0 Å². The van der Waals surface area contributed by atoms with E-state index >= 15 is 0 Å². The fourth-order valence-corrected chi connectivity index (χ4v) is 2.93. The maximum absolute atomic E-state index is 12.1. The van der Waals surface area contributed by atoms with Crippen molar-refractivity contribution in [2.24, 2.45) is 0 Å². The summed E-state index contributed by atoms with van der Waals surface area (Å²) in [6.07, 6.45) is 1.95. The second-order valence-electron chi connectivity index (χ2n) is 4.65. The first kappa shape index (κ1) is 15.9. The zero-order chi connectivity index (χ0) is 15.5. The Hall–Kier alpha value is -1.47. The summed E-state index contributed by atoms with van der Waals surface area (Å²) in [7, 11) is 1.47. The largest absolute Gasteiger partial charge is 0.492 e. The van der Waals surface area contributed by atoms with Crippen LogP contribution in [-0.4, -0.2) is 39.0 Å².